The standard InChI is InChI=1S/C19H29N3O2.ClH/c1-4-14(3)16-7-5-6-8-17(16)22-12-15(9-18(22)23)19(24)21-11-13(2)10-20;/h5-8,13-15H,4,9-12,20H2,1-3H3,(H,21,24);1H. The molecular formula is C19H30ClN3O2. The van der Waals surface area contributed by atoms with Crippen molar-refractivity contribution in [3.63, 3.8) is 0 Å². The molecule has 0 aliphatic carbocycles. The zero-order valence-corrected chi connectivity index (χ0v) is 16.1. The number of nitrogens with one attached hydrogen (secondary N) is 1. The molecule has 0 spiro atoms. The van der Waals surface area contributed by atoms with E-state index in [1.807, 2.05) is 25.1 Å². The molecule has 3 unspecified atom stereocenters. The number of halogens is 1. The minimum Gasteiger partial charge on any atom is -0.355 e. The topological polar surface area (TPSA) is 75.4 Å². The Hall–Kier alpha value is -1.59. The van der Waals surface area contributed by atoms with E-state index in [4.69, 9.17) is 5.73 Å². The Morgan fingerprint density at radius 1 is 1.36 bits per heavy atom. The molecule has 1 aromatic carbocycles. The van der Waals surface area contributed by atoms with E-state index in [0.717, 1.165) is 12.1 Å². The number of para-hydroxylation sites is 1. The van der Waals surface area contributed by atoms with Crippen molar-refractivity contribution in [2.24, 2.45) is 17.6 Å². The first-order valence-electron chi connectivity index (χ1n) is 8.84. The van der Waals surface area contributed by atoms with Crippen LogP contribution in [0.5, 0.6) is 0 Å². The number of nitrogens with two attached hydrogens (primary N) is 1. The molecule has 3 N–H and O–H groups in total. The van der Waals surface area contributed by atoms with Crippen LogP contribution in [0.1, 0.15) is 45.1 Å². The molecule has 25 heavy (non-hydrogen) atoms. The van der Waals surface area contributed by atoms with Crippen molar-refractivity contribution >= 4 is 29.9 Å². The quantitative estimate of drug-likeness (QED) is 0.777. The fourth-order valence-corrected chi connectivity index (χ4v) is 2.99. The molecule has 0 radical (unpaired) electrons. The van der Waals surface area contributed by atoms with Gasteiger partial charge in [-0.1, -0.05) is 39.0 Å². The predicted octanol–water partition coefficient (Wildman–Crippen LogP) is 2.69. The fourth-order valence-electron chi connectivity index (χ4n) is 2.99. The number of carbonyl (C=O) groups is 2. The second-order valence-electron chi connectivity index (χ2n) is 6.86. The minimum absolute atomic E-state index is 0. The normalized spacial score (nSPS) is 19.3. The van der Waals surface area contributed by atoms with Crippen LogP contribution in [0.25, 0.3) is 0 Å². The molecule has 1 aliphatic rings. The summed E-state index contributed by atoms with van der Waals surface area (Å²) < 4.78 is 0. The summed E-state index contributed by atoms with van der Waals surface area (Å²) >= 11 is 0. The maximum absolute atomic E-state index is 12.5. The summed E-state index contributed by atoms with van der Waals surface area (Å²) in [5.41, 5.74) is 7.70. The summed E-state index contributed by atoms with van der Waals surface area (Å²) in [4.78, 5) is 26.6. The van der Waals surface area contributed by atoms with Gasteiger partial charge in [0.2, 0.25) is 11.8 Å². The molecule has 5 nitrogen and oxygen atoms in total. The van der Waals surface area contributed by atoms with Crippen molar-refractivity contribution in [3.8, 4) is 0 Å². The summed E-state index contributed by atoms with van der Waals surface area (Å²) in [5, 5.41) is 2.92. The molecule has 1 aromatic rings. The van der Waals surface area contributed by atoms with Crippen molar-refractivity contribution in [1.29, 1.82) is 0 Å². The summed E-state index contributed by atoms with van der Waals surface area (Å²) in [6, 6.07) is 8.01. The lowest BCUT2D eigenvalue weighted by atomic mass is 9.96. The molecule has 2 rings (SSSR count). The monoisotopic (exact) mass is 367 g/mol. The Balaban J connectivity index is 0.00000312. The lowest BCUT2D eigenvalue weighted by Gasteiger charge is -2.23. The molecule has 140 valence electrons. The SMILES string of the molecule is CCC(C)c1ccccc1N1CC(C(=O)NCC(C)CN)CC1=O.Cl. The highest BCUT2D eigenvalue weighted by atomic mass is 35.5. The van der Waals surface area contributed by atoms with Crippen molar-refractivity contribution in [2.45, 2.75) is 39.5 Å². The summed E-state index contributed by atoms with van der Waals surface area (Å²) in [6.45, 7) is 7.85. The van der Waals surface area contributed by atoms with E-state index in [9.17, 15) is 9.59 Å². The highest BCUT2D eigenvalue weighted by Crippen LogP contribution is 2.33. The number of anilines is 1. The van der Waals surface area contributed by atoms with Gasteiger partial charge in [0, 0.05) is 25.2 Å². The van der Waals surface area contributed by atoms with Gasteiger partial charge in [-0.3, -0.25) is 9.59 Å². The number of hydrogen-bond donors (Lipinski definition) is 2. The van der Waals surface area contributed by atoms with Crippen molar-refractivity contribution in [1.82, 2.24) is 5.32 Å². The third-order valence-electron chi connectivity index (χ3n) is 4.89. The number of hydrogen-bond acceptors (Lipinski definition) is 3. The Bertz CT molecular complexity index is 594. The van der Waals surface area contributed by atoms with Crippen molar-refractivity contribution < 1.29 is 9.59 Å². The van der Waals surface area contributed by atoms with Crippen LogP contribution in [0.4, 0.5) is 5.69 Å². The van der Waals surface area contributed by atoms with E-state index >= 15 is 0 Å². The van der Waals surface area contributed by atoms with Gasteiger partial charge in [0.15, 0.2) is 0 Å². The molecule has 0 bridgehead atoms. The van der Waals surface area contributed by atoms with Gasteiger partial charge in [0.1, 0.15) is 0 Å². The number of benzene rings is 1. The number of carbonyl (C=O) groups excluding carboxylic acids is 2. The van der Waals surface area contributed by atoms with E-state index in [1.165, 1.54) is 5.56 Å². The molecular weight excluding hydrogens is 338 g/mol. The zero-order chi connectivity index (χ0) is 17.7. The zero-order valence-electron chi connectivity index (χ0n) is 15.3. The van der Waals surface area contributed by atoms with Gasteiger partial charge in [-0.25, -0.2) is 0 Å². The van der Waals surface area contributed by atoms with E-state index in [0.29, 0.717) is 25.6 Å². The van der Waals surface area contributed by atoms with Crippen LogP contribution in [0.15, 0.2) is 24.3 Å². The van der Waals surface area contributed by atoms with Crippen LogP contribution in [-0.4, -0.2) is 31.4 Å². The van der Waals surface area contributed by atoms with Crippen LogP contribution < -0.4 is 16.0 Å². The Labute approximate surface area is 156 Å². The highest BCUT2D eigenvalue weighted by Gasteiger charge is 2.36. The van der Waals surface area contributed by atoms with Gasteiger partial charge in [0.05, 0.1) is 5.92 Å². The smallest absolute Gasteiger partial charge is 0.227 e. The van der Waals surface area contributed by atoms with Crippen LogP contribution in [0.2, 0.25) is 0 Å². The predicted molar refractivity (Wildman–Crippen MR) is 104 cm³/mol. The van der Waals surface area contributed by atoms with Crippen molar-refractivity contribution in [2.75, 3.05) is 24.5 Å². The van der Waals surface area contributed by atoms with E-state index in [-0.39, 0.29) is 42.5 Å². The minimum atomic E-state index is -0.285. The molecule has 0 aromatic heterocycles. The average Bonchev–Trinajstić information content (AvgIpc) is 3.00. The Morgan fingerprint density at radius 3 is 2.68 bits per heavy atom. The van der Waals surface area contributed by atoms with Crippen molar-refractivity contribution in [3.05, 3.63) is 29.8 Å². The number of rotatable bonds is 7. The van der Waals surface area contributed by atoms with Crippen LogP contribution in [-0.2, 0) is 9.59 Å². The van der Waals surface area contributed by atoms with Gasteiger partial charge in [0.25, 0.3) is 0 Å². The largest absolute Gasteiger partial charge is 0.355 e. The third-order valence-corrected chi connectivity index (χ3v) is 4.89. The van der Waals surface area contributed by atoms with Gasteiger partial charge in [-0.05, 0) is 36.4 Å². The Morgan fingerprint density at radius 2 is 2.04 bits per heavy atom. The maximum Gasteiger partial charge on any atom is 0.227 e. The van der Waals surface area contributed by atoms with Gasteiger partial charge < -0.3 is 16.0 Å². The number of amides is 2. The summed E-state index contributed by atoms with van der Waals surface area (Å²) in [5.74, 6) is 0.318. The lowest BCUT2D eigenvalue weighted by molar-refractivity contribution is -0.126. The molecule has 0 saturated carbocycles. The van der Waals surface area contributed by atoms with Gasteiger partial charge >= 0.3 is 0 Å². The lowest BCUT2D eigenvalue weighted by Crippen LogP contribution is -2.37. The molecule has 3 atom stereocenters. The first-order valence-corrected chi connectivity index (χ1v) is 8.84. The summed E-state index contributed by atoms with van der Waals surface area (Å²) in [7, 11) is 0. The molecule has 6 heteroatoms. The molecule has 1 heterocycles. The van der Waals surface area contributed by atoms with Crippen LogP contribution in [0, 0.1) is 11.8 Å². The maximum atomic E-state index is 12.5. The van der Waals surface area contributed by atoms with Gasteiger partial charge in [-0.15, -0.1) is 12.4 Å². The molecule has 1 fully saturated rings. The fraction of sp³-hybridized carbons (Fsp3) is 0.579. The van der Waals surface area contributed by atoms with Crippen LogP contribution in [0.3, 0.4) is 0 Å². The molecule has 2 amide bonds. The third kappa shape index (κ3) is 5.19. The second-order valence-corrected chi connectivity index (χ2v) is 6.86. The van der Waals surface area contributed by atoms with E-state index in [2.05, 4.69) is 25.2 Å². The second kappa shape index (κ2) is 9.78. The first-order chi connectivity index (χ1) is 11.5. The van der Waals surface area contributed by atoms with Gasteiger partial charge in [-0.2, -0.15) is 0 Å². The van der Waals surface area contributed by atoms with Crippen LogP contribution >= 0.6 is 12.4 Å². The first kappa shape index (κ1) is 21.5. The average molecular weight is 368 g/mol. The van der Waals surface area contributed by atoms with E-state index < -0.39 is 0 Å². The molecule has 1 saturated heterocycles. The Kier molecular flexibility index (Phi) is 8.39. The molecule has 1 aliphatic heterocycles. The highest BCUT2D eigenvalue weighted by molar-refractivity contribution is 6.00. The summed E-state index contributed by atoms with van der Waals surface area (Å²) in [6.07, 6.45) is 1.29. The number of nitrogens with zero attached hydrogens (tertiary/aromatic N) is 1. The van der Waals surface area contributed by atoms with E-state index in [1.54, 1.807) is 4.90 Å².